The summed E-state index contributed by atoms with van der Waals surface area (Å²) in [4.78, 5) is 11.6. The highest BCUT2D eigenvalue weighted by atomic mass is 16.5. The monoisotopic (exact) mass is 247 g/mol. The zero-order valence-electron chi connectivity index (χ0n) is 10.7. The standard InChI is InChI=1S/C14H17NO3/c1-10(2)8-14(16)15-11-4-5-12-13(9-11)18-7-3-6-17-12/h4-5,8-9H,3,6-7H2,1-2H3,(H,15,16). The predicted molar refractivity (Wildman–Crippen MR) is 70.1 cm³/mol. The second kappa shape index (κ2) is 5.58. The molecule has 0 unspecified atom stereocenters. The number of carbonyl (C=O) groups excluding carboxylic acids is 1. The molecule has 1 aromatic rings. The third-order valence-electron chi connectivity index (χ3n) is 2.43. The van der Waals surface area contributed by atoms with E-state index in [1.54, 1.807) is 12.1 Å². The number of ether oxygens (including phenoxy) is 2. The van der Waals surface area contributed by atoms with E-state index in [2.05, 4.69) is 5.32 Å². The minimum absolute atomic E-state index is 0.135. The molecule has 1 aliphatic heterocycles. The second-order valence-electron chi connectivity index (χ2n) is 4.42. The quantitative estimate of drug-likeness (QED) is 0.817. The summed E-state index contributed by atoms with van der Waals surface area (Å²) in [5.41, 5.74) is 1.67. The number of hydrogen-bond donors (Lipinski definition) is 1. The van der Waals surface area contributed by atoms with Gasteiger partial charge in [0.25, 0.3) is 0 Å². The maximum atomic E-state index is 11.6. The van der Waals surface area contributed by atoms with Crippen LogP contribution in [0.2, 0.25) is 0 Å². The van der Waals surface area contributed by atoms with Crippen LogP contribution in [-0.2, 0) is 4.79 Å². The summed E-state index contributed by atoms with van der Waals surface area (Å²) in [5, 5.41) is 2.79. The van der Waals surface area contributed by atoms with Gasteiger partial charge in [-0.3, -0.25) is 4.79 Å². The first-order chi connectivity index (χ1) is 8.65. The molecule has 0 atom stereocenters. The summed E-state index contributed by atoms with van der Waals surface area (Å²) in [6.45, 7) is 5.07. The molecule has 0 saturated carbocycles. The largest absolute Gasteiger partial charge is 0.490 e. The van der Waals surface area contributed by atoms with Crippen molar-refractivity contribution in [3.63, 3.8) is 0 Å². The van der Waals surface area contributed by atoms with E-state index in [1.165, 1.54) is 0 Å². The lowest BCUT2D eigenvalue weighted by atomic mass is 10.2. The van der Waals surface area contributed by atoms with Gasteiger partial charge in [0.2, 0.25) is 5.91 Å². The normalized spacial score (nSPS) is 13.4. The Kier molecular flexibility index (Phi) is 3.87. The number of nitrogens with one attached hydrogen (secondary N) is 1. The van der Waals surface area contributed by atoms with Crippen LogP contribution in [0.15, 0.2) is 29.8 Å². The van der Waals surface area contributed by atoms with Crippen LogP contribution in [0.5, 0.6) is 11.5 Å². The number of hydrogen-bond acceptors (Lipinski definition) is 3. The Bertz CT molecular complexity index is 476. The topological polar surface area (TPSA) is 47.6 Å². The molecule has 1 aliphatic rings. The molecule has 2 rings (SSSR count). The van der Waals surface area contributed by atoms with Crippen LogP contribution in [-0.4, -0.2) is 19.1 Å². The van der Waals surface area contributed by atoms with E-state index in [9.17, 15) is 4.79 Å². The van der Waals surface area contributed by atoms with Crippen LogP contribution < -0.4 is 14.8 Å². The Balaban J connectivity index is 2.13. The smallest absolute Gasteiger partial charge is 0.248 e. The second-order valence-corrected chi connectivity index (χ2v) is 4.42. The van der Waals surface area contributed by atoms with Gasteiger partial charge >= 0.3 is 0 Å². The zero-order valence-corrected chi connectivity index (χ0v) is 10.7. The third-order valence-corrected chi connectivity index (χ3v) is 2.43. The molecular weight excluding hydrogens is 230 g/mol. The SMILES string of the molecule is CC(C)=CC(=O)Nc1ccc2c(c1)OCCCO2. The molecule has 1 amide bonds. The van der Waals surface area contributed by atoms with E-state index in [-0.39, 0.29) is 5.91 Å². The summed E-state index contributed by atoms with van der Waals surface area (Å²) in [5.74, 6) is 1.28. The summed E-state index contributed by atoms with van der Waals surface area (Å²) in [7, 11) is 0. The lowest BCUT2D eigenvalue weighted by Gasteiger charge is -2.09. The van der Waals surface area contributed by atoms with Crippen LogP contribution in [0, 0.1) is 0 Å². The van der Waals surface area contributed by atoms with Crippen LogP contribution >= 0.6 is 0 Å². The van der Waals surface area contributed by atoms with Gasteiger partial charge in [0, 0.05) is 24.3 Å². The van der Waals surface area contributed by atoms with Gasteiger partial charge in [-0.2, -0.15) is 0 Å². The molecule has 4 nitrogen and oxygen atoms in total. The maximum absolute atomic E-state index is 11.6. The van der Waals surface area contributed by atoms with Crippen molar-refractivity contribution in [2.45, 2.75) is 20.3 Å². The van der Waals surface area contributed by atoms with Crippen molar-refractivity contribution < 1.29 is 14.3 Å². The van der Waals surface area contributed by atoms with E-state index >= 15 is 0 Å². The maximum Gasteiger partial charge on any atom is 0.248 e. The molecule has 0 aromatic heterocycles. The number of amides is 1. The van der Waals surface area contributed by atoms with Gasteiger partial charge in [-0.05, 0) is 26.0 Å². The van der Waals surface area contributed by atoms with Gasteiger partial charge < -0.3 is 14.8 Å². The van der Waals surface area contributed by atoms with Crippen molar-refractivity contribution in [2.24, 2.45) is 0 Å². The predicted octanol–water partition coefficient (Wildman–Crippen LogP) is 2.75. The number of allylic oxidation sites excluding steroid dienone is 1. The van der Waals surface area contributed by atoms with Gasteiger partial charge in [0.05, 0.1) is 13.2 Å². The molecule has 0 radical (unpaired) electrons. The fourth-order valence-electron chi connectivity index (χ4n) is 1.68. The van der Waals surface area contributed by atoms with Gasteiger partial charge in [-0.25, -0.2) is 0 Å². The lowest BCUT2D eigenvalue weighted by Crippen LogP contribution is -2.08. The number of anilines is 1. The van der Waals surface area contributed by atoms with Gasteiger partial charge in [0.1, 0.15) is 0 Å². The summed E-state index contributed by atoms with van der Waals surface area (Å²) < 4.78 is 11.1. The summed E-state index contributed by atoms with van der Waals surface area (Å²) in [6, 6.07) is 5.42. The zero-order chi connectivity index (χ0) is 13.0. The summed E-state index contributed by atoms with van der Waals surface area (Å²) >= 11 is 0. The first-order valence-electron chi connectivity index (χ1n) is 6.01. The number of carbonyl (C=O) groups is 1. The average molecular weight is 247 g/mol. The Hall–Kier alpha value is -1.97. The Morgan fingerprint density at radius 2 is 1.94 bits per heavy atom. The molecule has 96 valence electrons. The number of rotatable bonds is 2. The van der Waals surface area contributed by atoms with Crippen molar-refractivity contribution in [1.29, 1.82) is 0 Å². The highest BCUT2D eigenvalue weighted by Gasteiger charge is 2.11. The van der Waals surface area contributed by atoms with Gasteiger partial charge in [-0.15, -0.1) is 0 Å². The fourth-order valence-corrected chi connectivity index (χ4v) is 1.68. The molecule has 0 saturated heterocycles. The van der Waals surface area contributed by atoms with Crippen molar-refractivity contribution in [1.82, 2.24) is 0 Å². The van der Waals surface area contributed by atoms with Gasteiger partial charge in [-0.1, -0.05) is 5.57 Å². The number of benzene rings is 1. The molecule has 1 aromatic carbocycles. The lowest BCUT2D eigenvalue weighted by molar-refractivity contribution is -0.111. The molecule has 0 spiro atoms. The van der Waals surface area contributed by atoms with E-state index in [0.29, 0.717) is 24.7 Å². The molecule has 1 N–H and O–H groups in total. The highest BCUT2D eigenvalue weighted by molar-refractivity contribution is 5.99. The average Bonchev–Trinajstić information content (AvgIpc) is 2.52. The van der Waals surface area contributed by atoms with Crippen LogP contribution in [0.3, 0.4) is 0 Å². The third kappa shape index (κ3) is 3.26. The van der Waals surface area contributed by atoms with E-state index in [0.717, 1.165) is 17.7 Å². The molecule has 4 heteroatoms. The molecule has 0 fully saturated rings. The minimum atomic E-state index is -0.135. The van der Waals surface area contributed by atoms with Crippen LogP contribution in [0.4, 0.5) is 5.69 Å². The van der Waals surface area contributed by atoms with E-state index < -0.39 is 0 Å². The first-order valence-corrected chi connectivity index (χ1v) is 6.01. The van der Waals surface area contributed by atoms with Crippen LogP contribution in [0.1, 0.15) is 20.3 Å². The molecule has 1 heterocycles. The number of fused-ring (bicyclic) bond motifs is 1. The van der Waals surface area contributed by atoms with E-state index in [1.807, 2.05) is 26.0 Å². The Labute approximate surface area is 107 Å². The summed E-state index contributed by atoms with van der Waals surface area (Å²) in [6.07, 6.45) is 2.43. The van der Waals surface area contributed by atoms with Crippen molar-refractivity contribution >= 4 is 11.6 Å². The molecular formula is C14H17NO3. The molecule has 0 bridgehead atoms. The van der Waals surface area contributed by atoms with Crippen molar-refractivity contribution in [2.75, 3.05) is 18.5 Å². The Morgan fingerprint density at radius 3 is 2.67 bits per heavy atom. The van der Waals surface area contributed by atoms with E-state index in [4.69, 9.17) is 9.47 Å². The molecule has 0 aliphatic carbocycles. The first kappa shape index (κ1) is 12.5. The van der Waals surface area contributed by atoms with Gasteiger partial charge in [0.15, 0.2) is 11.5 Å². The van der Waals surface area contributed by atoms with Crippen LogP contribution in [0.25, 0.3) is 0 Å². The minimum Gasteiger partial charge on any atom is -0.490 e. The highest BCUT2D eigenvalue weighted by Crippen LogP contribution is 2.32. The Morgan fingerprint density at radius 1 is 1.22 bits per heavy atom. The van der Waals surface area contributed by atoms with Crippen molar-refractivity contribution in [3.8, 4) is 11.5 Å². The van der Waals surface area contributed by atoms with Crippen molar-refractivity contribution in [3.05, 3.63) is 29.8 Å². The molecule has 18 heavy (non-hydrogen) atoms. The fraction of sp³-hybridized carbons (Fsp3) is 0.357.